The quantitative estimate of drug-likeness (QED) is 0.476. The maximum Gasteiger partial charge on any atom is 0.280 e. The van der Waals surface area contributed by atoms with Gasteiger partial charge in [-0.2, -0.15) is 5.10 Å². The van der Waals surface area contributed by atoms with Crippen LogP contribution in [0.1, 0.15) is 12.5 Å². The number of carbonyl (C=O) groups excluding carboxylic acids is 1. The van der Waals surface area contributed by atoms with Gasteiger partial charge in [0.2, 0.25) is 0 Å². The molecule has 7 heteroatoms. The highest BCUT2D eigenvalue weighted by Crippen LogP contribution is 2.18. The van der Waals surface area contributed by atoms with Gasteiger partial charge < -0.3 is 4.74 Å². The third kappa shape index (κ3) is 5.91. The zero-order chi connectivity index (χ0) is 18.1. The van der Waals surface area contributed by atoms with Crippen molar-refractivity contribution in [1.82, 2.24) is 5.43 Å². The summed E-state index contributed by atoms with van der Waals surface area (Å²) in [7, 11) is 0. The Labute approximate surface area is 144 Å². The third-order valence-corrected chi connectivity index (χ3v) is 3.15. The summed E-state index contributed by atoms with van der Waals surface area (Å²) in [5.41, 5.74) is 3.35. The van der Waals surface area contributed by atoms with Crippen LogP contribution in [0.5, 0.6) is 5.75 Å². The highest BCUT2D eigenvalue weighted by atomic mass is 16.6. The molecule has 7 nitrogen and oxygen atoms in total. The molecule has 0 saturated carbocycles. The number of rotatable bonds is 7. The number of hydrogen-bond donors (Lipinski definition) is 1. The molecule has 0 spiro atoms. The van der Waals surface area contributed by atoms with Crippen LogP contribution < -0.4 is 10.2 Å². The Hall–Kier alpha value is -3.48. The molecule has 0 bridgehead atoms. The molecule has 1 unspecified atom stereocenters. The first-order chi connectivity index (χ1) is 12.1. The Balaban J connectivity index is 1.80. The zero-order valence-corrected chi connectivity index (χ0v) is 13.5. The summed E-state index contributed by atoms with van der Waals surface area (Å²) in [4.78, 5) is 22.0. The Morgan fingerprint density at radius 3 is 2.52 bits per heavy atom. The van der Waals surface area contributed by atoms with Gasteiger partial charge in [-0.05, 0) is 30.7 Å². The number of carbonyl (C=O) groups is 1. The van der Waals surface area contributed by atoms with Gasteiger partial charge in [0.05, 0.1) is 4.92 Å². The molecular formula is C18H17N3O4. The second-order valence-electron chi connectivity index (χ2n) is 5.04. The summed E-state index contributed by atoms with van der Waals surface area (Å²) in [6.07, 6.45) is 4.23. The van der Waals surface area contributed by atoms with Crippen molar-refractivity contribution in [3.05, 3.63) is 76.4 Å². The molecule has 25 heavy (non-hydrogen) atoms. The van der Waals surface area contributed by atoms with Crippen LogP contribution in [-0.4, -0.2) is 23.1 Å². The van der Waals surface area contributed by atoms with Crippen molar-refractivity contribution in [2.75, 3.05) is 0 Å². The number of hydrogen-bond acceptors (Lipinski definition) is 5. The maximum absolute atomic E-state index is 11.9. The van der Waals surface area contributed by atoms with Gasteiger partial charge in [-0.15, -0.1) is 0 Å². The van der Waals surface area contributed by atoms with Gasteiger partial charge in [-0.3, -0.25) is 14.9 Å². The number of nitrogens with one attached hydrogen (secondary N) is 1. The number of benzene rings is 2. The van der Waals surface area contributed by atoms with E-state index in [0.29, 0.717) is 5.75 Å². The van der Waals surface area contributed by atoms with E-state index in [-0.39, 0.29) is 5.69 Å². The molecule has 0 aliphatic heterocycles. The van der Waals surface area contributed by atoms with Crippen LogP contribution in [-0.2, 0) is 4.79 Å². The van der Waals surface area contributed by atoms with E-state index in [1.807, 2.05) is 36.4 Å². The molecule has 0 aliphatic carbocycles. The van der Waals surface area contributed by atoms with Crippen molar-refractivity contribution >= 4 is 23.9 Å². The van der Waals surface area contributed by atoms with E-state index < -0.39 is 16.9 Å². The minimum absolute atomic E-state index is 0.0424. The fraction of sp³-hybridized carbons (Fsp3) is 0.111. The fourth-order valence-corrected chi connectivity index (χ4v) is 1.86. The van der Waals surface area contributed by atoms with Crippen LogP contribution >= 0.6 is 0 Å². The first-order valence-corrected chi connectivity index (χ1v) is 7.52. The number of amides is 1. The van der Waals surface area contributed by atoms with Gasteiger partial charge in [0.1, 0.15) is 5.75 Å². The first-order valence-electron chi connectivity index (χ1n) is 7.52. The Morgan fingerprint density at radius 2 is 1.88 bits per heavy atom. The second-order valence-corrected chi connectivity index (χ2v) is 5.04. The van der Waals surface area contributed by atoms with Crippen LogP contribution in [0.4, 0.5) is 5.69 Å². The number of hydrazone groups is 1. The van der Waals surface area contributed by atoms with Crippen molar-refractivity contribution in [1.29, 1.82) is 0 Å². The number of ether oxygens (including phenoxy) is 1. The molecule has 128 valence electrons. The van der Waals surface area contributed by atoms with Gasteiger partial charge in [-0.25, -0.2) is 5.43 Å². The minimum atomic E-state index is -0.795. The molecule has 2 aromatic rings. The lowest BCUT2D eigenvalue weighted by molar-refractivity contribution is -0.384. The summed E-state index contributed by atoms with van der Waals surface area (Å²) in [6, 6.07) is 15.2. The molecule has 0 aliphatic rings. The molecule has 0 radical (unpaired) electrons. The van der Waals surface area contributed by atoms with Crippen molar-refractivity contribution < 1.29 is 14.5 Å². The monoisotopic (exact) mass is 339 g/mol. The van der Waals surface area contributed by atoms with Gasteiger partial charge >= 0.3 is 0 Å². The zero-order valence-electron chi connectivity index (χ0n) is 13.5. The van der Waals surface area contributed by atoms with E-state index in [2.05, 4.69) is 10.5 Å². The molecule has 2 rings (SSSR count). The number of nitrogens with zero attached hydrogens (tertiary/aromatic N) is 2. The highest BCUT2D eigenvalue weighted by molar-refractivity contribution is 5.83. The van der Waals surface area contributed by atoms with E-state index in [1.165, 1.54) is 30.5 Å². The van der Waals surface area contributed by atoms with Crippen molar-refractivity contribution in [3.8, 4) is 5.75 Å². The smallest absolute Gasteiger partial charge is 0.280 e. The predicted molar refractivity (Wildman–Crippen MR) is 95.3 cm³/mol. The van der Waals surface area contributed by atoms with Crippen LogP contribution in [0.25, 0.3) is 6.08 Å². The van der Waals surface area contributed by atoms with E-state index in [0.717, 1.165) is 5.56 Å². The van der Waals surface area contributed by atoms with E-state index in [1.54, 1.807) is 13.0 Å². The second kappa shape index (κ2) is 8.97. The molecule has 1 amide bonds. The molecule has 2 aromatic carbocycles. The molecular weight excluding hydrogens is 322 g/mol. The van der Waals surface area contributed by atoms with Crippen LogP contribution in [0.3, 0.4) is 0 Å². The predicted octanol–water partition coefficient (Wildman–Crippen LogP) is 3.18. The topological polar surface area (TPSA) is 93.8 Å². The molecule has 0 heterocycles. The van der Waals surface area contributed by atoms with Crippen molar-refractivity contribution in [2.24, 2.45) is 5.10 Å². The number of nitro benzene ring substituents is 1. The van der Waals surface area contributed by atoms with Gasteiger partial charge in [0.15, 0.2) is 6.10 Å². The fourth-order valence-electron chi connectivity index (χ4n) is 1.86. The Kier molecular flexibility index (Phi) is 6.41. The van der Waals surface area contributed by atoms with Gasteiger partial charge in [-0.1, -0.05) is 36.4 Å². The van der Waals surface area contributed by atoms with Crippen LogP contribution in [0.15, 0.2) is 65.8 Å². The molecule has 0 fully saturated rings. The maximum atomic E-state index is 11.9. The summed E-state index contributed by atoms with van der Waals surface area (Å²) in [6.45, 7) is 1.56. The summed E-state index contributed by atoms with van der Waals surface area (Å²) in [5.74, 6) is -0.0658. The molecule has 0 saturated heterocycles. The number of nitro groups is 1. The lowest BCUT2D eigenvalue weighted by Gasteiger charge is -2.12. The van der Waals surface area contributed by atoms with E-state index >= 15 is 0 Å². The minimum Gasteiger partial charge on any atom is -0.481 e. The third-order valence-electron chi connectivity index (χ3n) is 3.15. The van der Waals surface area contributed by atoms with Crippen molar-refractivity contribution in [2.45, 2.75) is 13.0 Å². The van der Waals surface area contributed by atoms with Crippen molar-refractivity contribution in [3.63, 3.8) is 0 Å². The molecule has 0 aromatic heterocycles. The molecule has 1 N–H and O–H groups in total. The van der Waals surface area contributed by atoms with Gasteiger partial charge in [0.25, 0.3) is 11.6 Å². The largest absolute Gasteiger partial charge is 0.481 e. The van der Waals surface area contributed by atoms with Crippen LogP contribution in [0.2, 0.25) is 0 Å². The average molecular weight is 339 g/mol. The Bertz CT molecular complexity index is 771. The van der Waals surface area contributed by atoms with E-state index in [4.69, 9.17) is 4.74 Å². The van der Waals surface area contributed by atoms with Gasteiger partial charge in [0, 0.05) is 18.3 Å². The molecule has 1 atom stereocenters. The first kappa shape index (κ1) is 17.9. The standard InChI is InChI=1S/C18H17N3O4/c1-14(25-17-11-9-16(10-12-17)21(23)24)18(22)20-19-13-5-8-15-6-3-2-4-7-15/h2-14H,1H3,(H,20,22)/b8-5+,19-13+. The average Bonchev–Trinajstić information content (AvgIpc) is 2.62. The number of non-ortho nitro benzene ring substituents is 1. The summed E-state index contributed by atoms with van der Waals surface area (Å²) >= 11 is 0. The Morgan fingerprint density at radius 1 is 1.20 bits per heavy atom. The summed E-state index contributed by atoms with van der Waals surface area (Å²) in [5, 5.41) is 14.4. The summed E-state index contributed by atoms with van der Waals surface area (Å²) < 4.78 is 5.41. The lowest BCUT2D eigenvalue weighted by Crippen LogP contribution is -2.33. The lowest BCUT2D eigenvalue weighted by atomic mass is 10.2. The van der Waals surface area contributed by atoms with Crippen LogP contribution in [0, 0.1) is 10.1 Å². The van der Waals surface area contributed by atoms with E-state index in [9.17, 15) is 14.9 Å². The SMILES string of the molecule is CC(Oc1ccc([N+](=O)[O-])cc1)C(=O)N/N=C/C=C/c1ccccc1. The highest BCUT2D eigenvalue weighted by Gasteiger charge is 2.14. The normalized spacial score (nSPS) is 12.2. The number of allylic oxidation sites excluding steroid dienone is 1.